The number of aromatic nitrogens is 1. The maximum Gasteiger partial charge on any atom is 0.0991 e. The second-order valence-corrected chi connectivity index (χ2v) is 6.62. The molecule has 1 aliphatic carbocycles. The molecule has 0 bridgehead atoms. The third-order valence-corrected chi connectivity index (χ3v) is 4.95. The first-order chi connectivity index (χ1) is 11.3. The lowest BCUT2D eigenvalue weighted by Crippen LogP contribution is -2.36. The third-order valence-electron chi connectivity index (χ3n) is 4.95. The Hall–Kier alpha value is -2.05. The van der Waals surface area contributed by atoms with Crippen molar-refractivity contribution in [3.63, 3.8) is 0 Å². The van der Waals surface area contributed by atoms with Crippen molar-refractivity contribution < 1.29 is 0 Å². The van der Waals surface area contributed by atoms with Gasteiger partial charge in [-0.05, 0) is 42.7 Å². The quantitative estimate of drug-likeness (QED) is 0.828. The summed E-state index contributed by atoms with van der Waals surface area (Å²) in [7, 11) is 2.12. The predicted octanol–water partition coefficient (Wildman–Crippen LogP) is 4.23. The van der Waals surface area contributed by atoms with Gasteiger partial charge in [-0.15, -0.1) is 0 Å². The number of hydrogen-bond donors (Lipinski definition) is 0. The van der Waals surface area contributed by atoms with E-state index in [1.807, 2.05) is 18.2 Å². The molecule has 1 aromatic heterocycles. The van der Waals surface area contributed by atoms with Gasteiger partial charge in [0.15, 0.2) is 0 Å². The van der Waals surface area contributed by atoms with Crippen LogP contribution in [0.5, 0.6) is 0 Å². The molecule has 1 saturated carbocycles. The largest absolute Gasteiger partial charge is 0.353 e. The summed E-state index contributed by atoms with van der Waals surface area (Å²) in [5.74, 6) is 0. The molecule has 0 atom stereocenters. The fraction of sp³-hybridized carbons (Fsp3) is 0.450. The highest BCUT2D eigenvalue weighted by Crippen LogP contribution is 2.26. The van der Waals surface area contributed by atoms with Crippen molar-refractivity contribution in [2.24, 2.45) is 7.05 Å². The Balaban J connectivity index is 1.79. The average Bonchev–Trinajstić information content (AvgIpc) is 3.00. The number of aryl methyl sites for hydroxylation is 1. The summed E-state index contributed by atoms with van der Waals surface area (Å²) in [4.78, 5) is 2.60. The minimum Gasteiger partial charge on any atom is -0.353 e. The van der Waals surface area contributed by atoms with Crippen molar-refractivity contribution in [2.45, 2.75) is 51.2 Å². The van der Waals surface area contributed by atoms with Gasteiger partial charge in [-0.25, -0.2) is 0 Å². The fourth-order valence-corrected chi connectivity index (χ4v) is 3.60. The fourth-order valence-electron chi connectivity index (χ4n) is 3.60. The van der Waals surface area contributed by atoms with E-state index in [9.17, 15) is 0 Å². The number of nitrogens with zero attached hydrogens (tertiary/aromatic N) is 3. The van der Waals surface area contributed by atoms with Gasteiger partial charge in [0.1, 0.15) is 0 Å². The maximum atomic E-state index is 9.12. The Labute approximate surface area is 139 Å². The third kappa shape index (κ3) is 4.03. The van der Waals surface area contributed by atoms with Gasteiger partial charge in [-0.3, -0.25) is 4.90 Å². The highest BCUT2D eigenvalue weighted by atomic mass is 15.2. The first kappa shape index (κ1) is 15.8. The summed E-state index contributed by atoms with van der Waals surface area (Å²) < 4.78 is 2.21. The monoisotopic (exact) mass is 307 g/mol. The van der Waals surface area contributed by atoms with Crippen LogP contribution in [-0.2, 0) is 20.1 Å². The summed E-state index contributed by atoms with van der Waals surface area (Å²) in [5, 5.41) is 9.12. The SMILES string of the molecule is Cn1cccc1CN(Cc1cccc(C#N)c1)C1CCCCC1. The first-order valence-corrected chi connectivity index (χ1v) is 8.59. The number of benzene rings is 1. The van der Waals surface area contributed by atoms with Crippen molar-refractivity contribution in [2.75, 3.05) is 0 Å². The summed E-state index contributed by atoms with van der Waals surface area (Å²) in [6.45, 7) is 1.90. The zero-order valence-corrected chi connectivity index (χ0v) is 13.9. The van der Waals surface area contributed by atoms with E-state index in [0.29, 0.717) is 6.04 Å². The molecule has 0 unspecified atom stereocenters. The average molecular weight is 307 g/mol. The van der Waals surface area contributed by atoms with Crippen molar-refractivity contribution in [1.82, 2.24) is 9.47 Å². The highest BCUT2D eigenvalue weighted by Gasteiger charge is 2.22. The van der Waals surface area contributed by atoms with E-state index in [0.717, 1.165) is 18.7 Å². The molecule has 23 heavy (non-hydrogen) atoms. The molecule has 1 aromatic carbocycles. The highest BCUT2D eigenvalue weighted by molar-refractivity contribution is 5.32. The zero-order valence-electron chi connectivity index (χ0n) is 13.9. The lowest BCUT2D eigenvalue weighted by Gasteiger charge is -2.34. The first-order valence-electron chi connectivity index (χ1n) is 8.59. The van der Waals surface area contributed by atoms with Crippen LogP contribution in [0.3, 0.4) is 0 Å². The van der Waals surface area contributed by atoms with Crippen molar-refractivity contribution in [3.8, 4) is 6.07 Å². The molecule has 0 radical (unpaired) electrons. The predicted molar refractivity (Wildman–Crippen MR) is 92.7 cm³/mol. The van der Waals surface area contributed by atoms with Gasteiger partial charge >= 0.3 is 0 Å². The second kappa shape index (κ2) is 7.48. The maximum absolute atomic E-state index is 9.12. The van der Waals surface area contributed by atoms with Gasteiger partial charge in [0.25, 0.3) is 0 Å². The smallest absolute Gasteiger partial charge is 0.0991 e. The summed E-state index contributed by atoms with van der Waals surface area (Å²) in [6.07, 6.45) is 8.76. The summed E-state index contributed by atoms with van der Waals surface area (Å²) in [5.41, 5.74) is 3.35. The Morgan fingerprint density at radius 1 is 1.13 bits per heavy atom. The van der Waals surface area contributed by atoms with E-state index in [1.54, 1.807) is 0 Å². The molecule has 0 spiro atoms. The minimum atomic E-state index is 0.657. The zero-order chi connectivity index (χ0) is 16.1. The van der Waals surface area contributed by atoms with E-state index in [-0.39, 0.29) is 0 Å². The normalized spacial score (nSPS) is 15.7. The van der Waals surface area contributed by atoms with E-state index < -0.39 is 0 Å². The summed E-state index contributed by atoms with van der Waals surface area (Å²) >= 11 is 0. The van der Waals surface area contributed by atoms with Crippen molar-refractivity contribution >= 4 is 0 Å². The van der Waals surface area contributed by atoms with Gasteiger partial charge in [-0.1, -0.05) is 31.4 Å². The second-order valence-electron chi connectivity index (χ2n) is 6.62. The van der Waals surface area contributed by atoms with Crippen LogP contribution in [0, 0.1) is 11.3 Å². The molecule has 0 saturated heterocycles. The van der Waals surface area contributed by atoms with Crippen LogP contribution in [-0.4, -0.2) is 15.5 Å². The molecule has 1 fully saturated rings. The molecular formula is C20H25N3. The van der Waals surface area contributed by atoms with E-state index >= 15 is 0 Å². The van der Waals surface area contributed by atoms with Crippen LogP contribution in [0.1, 0.15) is 48.9 Å². The van der Waals surface area contributed by atoms with Gasteiger partial charge in [0, 0.05) is 38.1 Å². The topological polar surface area (TPSA) is 32.0 Å². The number of hydrogen-bond acceptors (Lipinski definition) is 2. The van der Waals surface area contributed by atoms with E-state index in [2.05, 4.69) is 47.0 Å². The Bertz CT molecular complexity index is 674. The molecule has 1 aliphatic rings. The van der Waals surface area contributed by atoms with Crippen LogP contribution in [0.25, 0.3) is 0 Å². The van der Waals surface area contributed by atoms with Crippen molar-refractivity contribution in [1.29, 1.82) is 5.26 Å². The van der Waals surface area contributed by atoms with E-state index in [1.165, 1.54) is 43.4 Å². The van der Waals surface area contributed by atoms with Gasteiger partial charge in [0.2, 0.25) is 0 Å². The summed E-state index contributed by atoms with van der Waals surface area (Å²) in [6, 6.07) is 15.3. The molecule has 0 aliphatic heterocycles. The lowest BCUT2D eigenvalue weighted by molar-refractivity contribution is 0.137. The van der Waals surface area contributed by atoms with Crippen LogP contribution in [0.2, 0.25) is 0 Å². The molecule has 3 rings (SSSR count). The van der Waals surface area contributed by atoms with Gasteiger partial charge in [0.05, 0.1) is 11.6 Å². The van der Waals surface area contributed by atoms with Crippen LogP contribution >= 0.6 is 0 Å². The molecule has 1 heterocycles. The molecule has 0 N–H and O–H groups in total. The Morgan fingerprint density at radius 2 is 1.96 bits per heavy atom. The van der Waals surface area contributed by atoms with Crippen LogP contribution < -0.4 is 0 Å². The molecule has 2 aromatic rings. The molecule has 3 heteroatoms. The number of rotatable bonds is 5. The van der Waals surface area contributed by atoms with Crippen LogP contribution in [0.15, 0.2) is 42.6 Å². The lowest BCUT2D eigenvalue weighted by atomic mass is 9.93. The molecule has 0 amide bonds. The molecule has 3 nitrogen and oxygen atoms in total. The van der Waals surface area contributed by atoms with Crippen molar-refractivity contribution in [3.05, 3.63) is 59.4 Å². The van der Waals surface area contributed by atoms with Gasteiger partial charge in [-0.2, -0.15) is 5.26 Å². The molecular weight excluding hydrogens is 282 g/mol. The van der Waals surface area contributed by atoms with Gasteiger partial charge < -0.3 is 4.57 Å². The Kier molecular flexibility index (Phi) is 5.15. The van der Waals surface area contributed by atoms with E-state index in [4.69, 9.17) is 5.26 Å². The van der Waals surface area contributed by atoms with Crippen LogP contribution in [0.4, 0.5) is 0 Å². The molecule has 120 valence electrons. The standard InChI is InChI=1S/C20H25N3/c1-22-12-6-11-20(22)16-23(19-9-3-2-4-10-19)15-18-8-5-7-17(13-18)14-21/h5-8,11-13,19H,2-4,9-10,15-16H2,1H3. The number of nitriles is 1. The Morgan fingerprint density at radius 3 is 2.65 bits per heavy atom. The minimum absolute atomic E-state index is 0.657.